The maximum atomic E-state index is 12.9. The Kier molecular flexibility index (Phi) is 3.66. The van der Waals surface area contributed by atoms with Crippen LogP contribution in [-0.4, -0.2) is 42.9 Å². The van der Waals surface area contributed by atoms with Crippen molar-refractivity contribution in [2.45, 2.75) is 0 Å². The molecule has 0 fully saturated rings. The van der Waals surface area contributed by atoms with E-state index >= 15 is 0 Å². The molecule has 0 amide bonds. The summed E-state index contributed by atoms with van der Waals surface area (Å²) in [7, 11) is 3.98. The van der Waals surface area contributed by atoms with Gasteiger partial charge in [-0.25, -0.2) is 0 Å². The lowest BCUT2D eigenvalue weighted by Gasteiger charge is -2.22. The molecule has 0 saturated carbocycles. The molecule has 0 bridgehead atoms. The number of hydrogen-bond acceptors (Lipinski definition) is 4. The van der Waals surface area contributed by atoms with Crippen LogP contribution in [0, 0.1) is 0 Å². The molecule has 1 aliphatic rings. The molecule has 0 spiro atoms. The number of nitrogens with one attached hydrogen (secondary N) is 2. The molecule has 0 saturated heterocycles. The van der Waals surface area contributed by atoms with Crippen LogP contribution in [0.15, 0.2) is 47.3 Å². The molecule has 5 heteroatoms. The van der Waals surface area contributed by atoms with Gasteiger partial charge in [-0.3, -0.25) is 9.59 Å². The van der Waals surface area contributed by atoms with Gasteiger partial charge in [-0.05, 0) is 25.7 Å². The van der Waals surface area contributed by atoms with E-state index in [9.17, 15) is 9.59 Å². The number of fused-ring (bicyclic) bond motifs is 2. The number of anilines is 1. The highest BCUT2D eigenvalue weighted by Gasteiger charge is 2.28. The largest absolute Gasteiger partial charge is 0.379 e. The van der Waals surface area contributed by atoms with Crippen LogP contribution in [-0.2, 0) is 0 Å². The van der Waals surface area contributed by atoms with Gasteiger partial charge in [0.25, 0.3) is 5.56 Å². The number of hydrogen-bond donors (Lipinski definition) is 2. The number of rotatable bonds is 4. The van der Waals surface area contributed by atoms with Gasteiger partial charge in [-0.15, -0.1) is 0 Å². The van der Waals surface area contributed by atoms with Crippen LogP contribution in [0.5, 0.6) is 0 Å². The highest BCUT2D eigenvalue weighted by atomic mass is 16.1. The summed E-state index contributed by atoms with van der Waals surface area (Å²) in [5.41, 5.74) is 3.97. The van der Waals surface area contributed by atoms with Crippen LogP contribution in [0.25, 0.3) is 22.0 Å². The van der Waals surface area contributed by atoms with E-state index in [1.165, 1.54) is 0 Å². The molecule has 0 aliphatic heterocycles. The van der Waals surface area contributed by atoms with Crippen molar-refractivity contribution >= 4 is 22.4 Å². The van der Waals surface area contributed by atoms with Gasteiger partial charge in [-0.1, -0.05) is 36.4 Å². The third-order valence-corrected chi connectivity index (χ3v) is 4.59. The maximum Gasteiger partial charge on any atom is 0.272 e. The molecule has 5 nitrogen and oxygen atoms in total. The number of aromatic nitrogens is 1. The van der Waals surface area contributed by atoms with Crippen LogP contribution in [0.1, 0.15) is 15.9 Å². The lowest BCUT2D eigenvalue weighted by molar-refractivity contribution is 0.104. The summed E-state index contributed by atoms with van der Waals surface area (Å²) in [6, 6.07) is 13.0. The predicted octanol–water partition coefficient (Wildman–Crippen LogP) is 2.71. The highest BCUT2D eigenvalue weighted by molar-refractivity contribution is 6.26. The molecule has 0 atom stereocenters. The number of benzene rings is 2. The predicted molar refractivity (Wildman–Crippen MR) is 100 cm³/mol. The minimum Gasteiger partial charge on any atom is -0.379 e. The Morgan fingerprint density at radius 1 is 0.960 bits per heavy atom. The van der Waals surface area contributed by atoms with E-state index in [1.54, 1.807) is 0 Å². The van der Waals surface area contributed by atoms with E-state index in [2.05, 4.69) is 15.2 Å². The molecule has 1 heterocycles. The zero-order valence-corrected chi connectivity index (χ0v) is 14.2. The van der Waals surface area contributed by atoms with Crippen molar-refractivity contribution in [1.29, 1.82) is 0 Å². The third-order valence-electron chi connectivity index (χ3n) is 4.59. The minimum atomic E-state index is -0.164. The van der Waals surface area contributed by atoms with Crippen LogP contribution in [0.3, 0.4) is 0 Å². The molecule has 126 valence electrons. The fourth-order valence-electron chi connectivity index (χ4n) is 3.43. The lowest BCUT2D eigenvalue weighted by atomic mass is 9.83. The number of aromatic amines is 1. The summed E-state index contributed by atoms with van der Waals surface area (Å²) in [5.74, 6) is -0.00000879. The standard InChI is InChI=1S/C20H19N3O2/c1-23(2)11-10-21-18-17-12-6-3-4-7-13(12)19(24)14-8-5-9-15(16(14)17)22-20(18)25/h3-9,21H,10-11H2,1-2H3,(H,22,25). The molecule has 1 aromatic heterocycles. The van der Waals surface area contributed by atoms with Crippen LogP contribution in [0.2, 0.25) is 0 Å². The minimum absolute atomic E-state index is 0.00000879. The number of nitrogens with zero attached hydrogens (tertiary/aromatic N) is 1. The molecule has 1 aliphatic carbocycles. The summed E-state index contributed by atoms with van der Waals surface area (Å²) >= 11 is 0. The Morgan fingerprint density at radius 3 is 2.44 bits per heavy atom. The summed E-state index contributed by atoms with van der Waals surface area (Å²) in [6.07, 6.45) is 0. The first-order valence-corrected chi connectivity index (χ1v) is 8.29. The molecule has 4 rings (SSSR count). The Bertz CT molecular complexity index is 1050. The first-order chi connectivity index (χ1) is 12.1. The molecular formula is C20H19N3O2. The highest BCUT2D eigenvalue weighted by Crippen LogP contribution is 2.41. The van der Waals surface area contributed by atoms with E-state index in [0.717, 1.165) is 23.1 Å². The lowest BCUT2D eigenvalue weighted by Crippen LogP contribution is -2.25. The smallest absolute Gasteiger partial charge is 0.272 e. The molecule has 0 radical (unpaired) electrons. The van der Waals surface area contributed by atoms with Gasteiger partial charge in [0, 0.05) is 40.7 Å². The summed E-state index contributed by atoms with van der Waals surface area (Å²) in [6.45, 7) is 1.45. The number of H-pyrrole nitrogens is 1. The molecule has 3 aromatic rings. The van der Waals surface area contributed by atoms with Gasteiger partial charge in [0.05, 0.1) is 0 Å². The van der Waals surface area contributed by atoms with Crippen LogP contribution in [0.4, 0.5) is 5.69 Å². The summed E-state index contributed by atoms with van der Waals surface area (Å²) in [5, 5.41) is 4.09. The van der Waals surface area contributed by atoms with Gasteiger partial charge in [-0.2, -0.15) is 0 Å². The Balaban J connectivity index is 2.02. The van der Waals surface area contributed by atoms with Gasteiger partial charge in [0.1, 0.15) is 5.69 Å². The second kappa shape index (κ2) is 5.86. The van der Waals surface area contributed by atoms with E-state index < -0.39 is 0 Å². The van der Waals surface area contributed by atoms with E-state index in [1.807, 2.05) is 56.6 Å². The number of ketones is 1. The van der Waals surface area contributed by atoms with E-state index in [4.69, 9.17) is 0 Å². The fourth-order valence-corrected chi connectivity index (χ4v) is 3.43. The first kappa shape index (κ1) is 15.6. The zero-order valence-electron chi connectivity index (χ0n) is 14.2. The molecule has 0 unspecified atom stereocenters. The number of carbonyl (C=O) groups is 1. The van der Waals surface area contributed by atoms with Crippen molar-refractivity contribution in [1.82, 2.24) is 9.88 Å². The molecule has 25 heavy (non-hydrogen) atoms. The number of likely N-dealkylation sites (N-methyl/N-ethyl adjacent to an activating group) is 1. The van der Waals surface area contributed by atoms with Crippen LogP contribution >= 0.6 is 0 Å². The molecule has 2 aromatic carbocycles. The van der Waals surface area contributed by atoms with Crippen molar-refractivity contribution in [3.63, 3.8) is 0 Å². The first-order valence-electron chi connectivity index (χ1n) is 8.29. The van der Waals surface area contributed by atoms with Crippen LogP contribution < -0.4 is 10.9 Å². The van der Waals surface area contributed by atoms with Gasteiger partial charge in [0.15, 0.2) is 5.78 Å². The van der Waals surface area contributed by atoms with Crippen molar-refractivity contribution in [2.75, 3.05) is 32.5 Å². The zero-order chi connectivity index (χ0) is 17.6. The van der Waals surface area contributed by atoms with Gasteiger partial charge >= 0.3 is 0 Å². The van der Waals surface area contributed by atoms with Gasteiger partial charge in [0.2, 0.25) is 0 Å². The Morgan fingerprint density at radius 2 is 1.68 bits per heavy atom. The second-order valence-electron chi connectivity index (χ2n) is 6.54. The number of carbonyl (C=O) groups excluding carboxylic acids is 1. The van der Waals surface area contributed by atoms with Gasteiger partial charge < -0.3 is 15.2 Å². The van der Waals surface area contributed by atoms with Crippen molar-refractivity contribution in [2.24, 2.45) is 0 Å². The quantitative estimate of drug-likeness (QED) is 0.603. The third kappa shape index (κ3) is 2.44. The molecule has 2 N–H and O–H groups in total. The Hall–Kier alpha value is -2.92. The summed E-state index contributed by atoms with van der Waals surface area (Å²) in [4.78, 5) is 30.5. The second-order valence-corrected chi connectivity index (χ2v) is 6.54. The van der Waals surface area contributed by atoms with E-state index in [0.29, 0.717) is 28.9 Å². The number of pyridine rings is 1. The topological polar surface area (TPSA) is 65.2 Å². The monoisotopic (exact) mass is 333 g/mol. The Labute approximate surface area is 145 Å². The summed E-state index contributed by atoms with van der Waals surface area (Å²) < 4.78 is 0. The maximum absolute atomic E-state index is 12.9. The average molecular weight is 333 g/mol. The average Bonchev–Trinajstić information content (AvgIpc) is 2.60. The normalized spacial score (nSPS) is 12.5. The SMILES string of the molecule is CN(C)CCNc1c2c3c(cccc3[nH]c1=O)C(=O)c1ccccc1-2. The fraction of sp³-hybridized carbons (Fsp3) is 0.200. The molecular weight excluding hydrogens is 314 g/mol. The van der Waals surface area contributed by atoms with E-state index in [-0.39, 0.29) is 11.3 Å². The van der Waals surface area contributed by atoms with Crippen molar-refractivity contribution in [3.05, 3.63) is 63.9 Å². The van der Waals surface area contributed by atoms with Crippen molar-refractivity contribution < 1.29 is 4.79 Å². The van der Waals surface area contributed by atoms with Crippen molar-refractivity contribution in [3.8, 4) is 11.1 Å².